The second kappa shape index (κ2) is 5.22. The zero-order valence-electron chi connectivity index (χ0n) is 7.32. The molecule has 3 heteroatoms. The van der Waals surface area contributed by atoms with Gasteiger partial charge in [-0.1, -0.05) is 32.3 Å². The van der Waals surface area contributed by atoms with Gasteiger partial charge < -0.3 is 0 Å². The second-order valence-corrected chi connectivity index (χ2v) is 2.88. The standard InChI is InChI=1S/C9H15F3/c1-3-5-6-7-8(4-2)9(10,11)12/h4,8H,2-3,5-7H2,1H3. The van der Waals surface area contributed by atoms with Crippen LogP contribution in [0.25, 0.3) is 0 Å². The van der Waals surface area contributed by atoms with Gasteiger partial charge in [-0.2, -0.15) is 13.2 Å². The Morgan fingerprint density at radius 2 is 1.92 bits per heavy atom. The first-order chi connectivity index (χ1) is 5.52. The lowest BCUT2D eigenvalue weighted by Crippen LogP contribution is -2.20. The van der Waals surface area contributed by atoms with Crippen molar-refractivity contribution in [2.45, 2.75) is 38.8 Å². The summed E-state index contributed by atoms with van der Waals surface area (Å²) in [5.74, 6) is -1.32. The lowest BCUT2D eigenvalue weighted by atomic mass is 10.0. The molecular formula is C9H15F3. The molecule has 12 heavy (non-hydrogen) atoms. The Morgan fingerprint density at radius 3 is 2.25 bits per heavy atom. The van der Waals surface area contributed by atoms with Gasteiger partial charge in [0.25, 0.3) is 0 Å². The summed E-state index contributed by atoms with van der Waals surface area (Å²) in [6.07, 6.45) is -0.485. The molecule has 0 aromatic rings. The SMILES string of the molecule is C=CC(CCCCC)C(F)(F)F. The molecule has 0 saturated carbocycles. The Bertz CT molecular complexity index is 126. The molecule has 72 valence electrons. The van der Waals surface area contributed by atoms with Crippen molar-refractivity contribution in [3.05, 3.63) is 12.7 Å². The molecule has 0 rings (SSSR count). The van der Waals surface area contributed by atoms with Crippen molar-refractivity contribution >= 4 is 0 Å². The van der Waals surface area contributed by atoms with E-state index in [1.807, 2.05) is 6.92 Å². The first kappa shape index (κ1) is 11.5. The van der Waals surface area contributed by atoms with E-state index in [0.29, 0.717) is 6.42 Å². The van der Waals surface area contributed by atoms with Crippen LogP contribution in [0.2, 0.25) is 0 Å². The van der Waals surface area contributed by atoms with Crippen LogP contribution in [0.15, 0.2) is 12.7 Å². The molecule has 0 aliphatic carbocycles. The number of alkyl halides is 3. The Hall–Kier alpha value is -0.470. The molecule has 0 N–H and O–H groups in total. The third-order valence-electron chi connectivity index (χ3n) is 1.82. The van der Waals surface area contributed by atoms with Gasteiger partial charge in [0.2, 0.25) is 0 Å². The molecule has 1 atom stereocenters. The van der Waals surface area contributed by atoms with Crippen LogP contribution in [0.4, 0.5) is 13.2 Å². The molecule has 0 amide bonds. The molecule has 0 aliphatic heterocycles. The predicted molar refractivity (Wildman–Crippen MR) is 43.9 cm³/mol. The molecule has 0 aromatic heterocycles. The smallest absolute Gasteiger partial charge is 0.170 e. The molecule has 1 unspecified atom stereocenters. The van der Waals surface area contributed by atoms with Crippen molar-refractivity contribution in [1.82, 2.24) is 0 Å². The van der Waals surface area contributed by atoms with Crippen molar-refractivity contribution in [3.63, 3.8) is 0 Å². The van der Waals surface area contributed by atoms with E-state index in [9.17, 15) is 13.2 Å². The summed E-state index contributed by atoms with van der Waals surface area (Å²) in [7, 11) is 0. The highest BCUT2D eigenvalue weighted by molar-refractivity contribution is 4.84. The van der Waals surface area contributed by atoms with Crippen LogP contribution < -0.4 is 0 Å². The largest absolute Gasteiger partial charge is 0.395 e. The molecule has 0 aromatic carbocycles. The van der Waals surface area contributed by atoms with E-state index in [1.54, 1.807) is 0 Å². The van der Waals surface area contributed by atoms with E-state index in [2.05, 4.69) is 6.58 Å². The number of hydrogen-bond acceptors (Lipinski definition) is 0. The lowest BCUT2D eigenvalue weighted by Gasteiger charge is -2.15. The van der Waals surface area contributed by atoms with Gasteiger partial charge in [0.1, 0.15) is 0 Å². The molecule has 0 saturated heterocycles. The zero-order valence-corrected chi connectivity index (χ0v) is 7.32. The summed E-state index contributed by atoms with van der Waals surface area (Å²) in [5.41, 5.74) is 0. The van der Waals surface area contributed by atoms with E-state index in [0.717, 1.165) is 18.9 Å². The highest BCUT2D eigenvalue weighted by atomic mass is 19.4. The van der Waals surface area contributed by atoms with Gasteiger partial charge in [-0.25, -0.2) is 0 Å². The van der Waals surface area contributed by atoms with E-state index >= 15 is 0 Å². The molecule has 0 fully saturated rings. The third-order valence-corrected chi connectivity index (χ3v) is 1.82. The summed E-state index contributed by atoms with van der Waals surface area (Å²) in [5, 5.41) is 0. The van der Waals surface area contributed by atoms with Gasteiger partial charge in [-0.05, 0) is 6.42 Å². The molecule has 0 heterocycles. The van der Waals surface area contributed by atoms with Crippen molar-refractivity contribution < 1.29 is 13.2 Å². The molecule has 0 aliphatic rings. The molecule has 0 spiro atoms. The minimum absolute atomic E-state index is 0.181. The maximum absolute atomic E-state index is 12.1. The minimum atomic E-state index is -4.10. The maximum atomic E-state index is 12.1. The van der Waals surface area contributed by atoms with Crippen molar-refractivity contribution in [1.29, 1.82) is 0 Å². The van der Waals surface area contributed by atoms with Crippen LogP contribution in [0.5, 0.6) is 0 Å². The summed E-state index contributed by atoms with van der Waals surface area (Å²) < 4.78 is 36.2. The van der Waals surface area contributed by atoms with Crippen molar-refractivity contribution in [2.75, 3.05) is 0 Å². The van der Waals surface area contributed by atoms with Gasteiger partial charge >= 0.3 is 6.18 Å². The average Bonchev–Trinajstić information content (AvgIpc) is 1.95. The molecular weight excluding hydrogens is 165 g/mol. The number of hydrogen-bond donors (Lipinski definition) is 0. The average molecular weight is 180 g/mol. The third kappa shape index (κ3) is 4.42. The van der Waals surface area contributed by atoms with Gasteiger partial charge in [0, 0.05) is 0 Å². The lowest BCUT2D eigenvalue weighted by molar-refractivity contribution is -0.162. The molecule has 0 radical (unpaired) electrons. The Labute approximate surface area is 71.5 Å². The summed E-state index contributed by atoms with van der Waals surface area (Å²) in [6.45, 7) is 5.15. The quantitative estimate of drug-likeness (QED) is 0.444. The Morgan fingerprint density at radius 1 is 1.33 bits per heavy atom. The Balaban J connectivity index is 3.76. The fraction of sp³-hybridized carbons (Fsp3) is 0.778. The van der Waals surface area contributed by atoms with Gasteiger partial charge in [-0.15, -0.1) is 6.58 Å². The number of unbranched alkanes of at least 4 members (excludes halogenated alkanes) is 2. The van der Waals surface area contributed by atoms with Crippen LogP contribution in [-0.4, -0.2) is 6.18 Å². The summed E-state index contributed by atoms with van der Waals surface area (Å²) in [6, 6.07) is 0. The van der Waals surface area contributed by atoms with Gasteiger partial charge in [0.15, 0.2) is 0 Å². The number of allylic oxidation sites excluding steroid dienone is 1. The van der Waals surface area contributed by atoms with Crippen LogP contribution in [0, 0.1) is 5.92 Å². The van der Waals surface area contributed by atoms with E-state index in [-0.39, 0.29) is 6.42 Å². The fourth-order valence-electron chi connectivity index (χ4n) is 1.03. The number of halogens is 3. The summed E-state index contributed by atoms with van der Waals surface area (Å²) in [4.78, 5) is 0. The maximum Gasteiger partial charge on any atom is 0.395 e. The predicted octanol–water partition coefficient (Wildman–Crippen LogP) is 3.93. The summed E-state index contributed by atoms with van der Waals surface area (Å²) >= 11 is 0. The van der Waals surface area contributed by atoms with Crippen molar-refractivity contribution in [2.24, 2.45) is 5.92 Å². The highest BCUT2D eigenvalue weighted by Gasteiger charge is 2.36. The van der Waals surface area contributed by atoms with Crippen LogP contribution in [0.3, 0.4) is 0 Å². The monoisotopic (exact) mass is 180 g/mol. The second-order valence-electron chi connectivity index (χ2n) is 2.88. The minimum Gasteiger partial charge on any atom is -0.170 e. The van der Waals surface area contributed by atoms with Crippen LogP contribution >= 0.6 is 0 Å². The first-order valence-electron chi connectivity index (χ1n) is 4.21. The molecule has 0 bridgehead atoms. The number of rotatable bonds is 5. The molecule has 0 nitrogen and oxygen atoms in total. The highest BCUT2D eigenvalue weighted by Crippen LogP contribution is 2.30. The van der Waals surface area contributed by atoms with E-state index in [4.69, 9.17) is 0 Å². The normalized spacial score (nSPS) is 14.3. The van der Waals surface area contributed by atoms with E-state index in [1.165, 1.54) is 0 Å². The fourth-order valence-corrected chi connectivity index (χ4v) is 1.03. The zero-order chi connectivity index (χ0) is 9.61. The van der Waals surface area contributed by atoms with Crippen molar-refractivity contribution in [3.8, 4) is 0 Å². The Kier molecular flexibility index (Phi) is 5.02. The van der Waals surface area contributed by atoms with Crippen LogP contribution in [-0.2, 0) is 0 Å². The van der Waals surface area contributed by atoms with Crippen LogP contribution in [0.1, 0.15) is 32.6 Å². The topological polar surface area (TPSA) is 0 Å². The van der Waals surface area contributed by atoms with E-state index < -0.39 is 12.1 Å². The van der Waals surface area contributed by atoms with Gasteiger partial charge in [-0.3, -0.25) is 0 Å². The first-order valence-corrected chi connectivity index (χ1v) is 4.21. The van der Waals surface area contributed by atoms with Gasteiger partial charge in [0.05, 0.1) is 5.92 Å².